The summed E-state index contributed by atoms with van der Waals surface area (Å²) in [5, 5.41) is 15.2. The Bertz CT molecular complexity index is 870. The molecule has 0 radical (unpaired) electrons. The van der Waals surface area contributed by atoms with E-state index in [4.69, 9.17) is 4.74 Å². The minimum Gasteiger partial charge on any atom is -0.497 e. The summed E-state index contributed by atoms with van der Waals surface area (Å²) >= 11 is 0. The number of carbonyl (C=O) groups is 2. The molecule has 166 valence electrons. The molecule has 2 aromatic carbocycles. The van der Waals surface area contributed by atoms with Gasteiger partial charge in [-0.05, 0) is 42.4 Å². The number of ether oxygens (including phenoxy) is 1. The van der Waals surface area contributed by atoms with Crippen LogP contribution in [-0.4, -0.2) is 73.3 Å². The van der Waals surface area contributed by atoms with E-state index in [2.05, 4.69) is 15.5 Å². The zero-order chi connectivity index (χ0) is 22.2. The first-order chi connectivity index (χ1) is 15.0. The fraction of sp³-hybridized carbons (Fsp3) is 0.391. The van der Waals surface area contributed by atoms with Gasteiger partial charge in [-0.1, -0.05) is 24.3 Å². The third kappa shape index (κ3) is 6.44. The molecule has 1 unspecified atom stereocenters. The minimum absolute atomic E-state index is 0.00472. The van der Waals surface area contributed by atoms with Gasteiger partial charge in [0.1, 0.15) is 5.75 Å². The van der Waals surface area contributed by atoms with E-state index >= 15 is 0 Å². The second-order valence-electron chi connectivity index (χ2n) is 7.72. The topological polar surface area (TPSA) is 94.1 Å². The molecule has 8 heteroatoms. The predicted molar refractivity (Wildman–Crippen MR) is 119 cm³/mol. The molecule has 2 aromatic rings. The van der Waals surface area contributed by atoms with Gasteiger partial charge in [0.05, 0.1) is 26.2 Å². The van der Waals surface area contributed by atoms with Crippen molar-refractivity contribution in [3.63, 3.8) is 0 Å². The van der Waals surface area contributed by atoms with Crippen LogP contribution in [0.15, 0.2) is 48.5 Å². The van der Waals surface area contributed by atoms with Crippen molar-refractivity contribution >= 4 is 17.6 Å². The summed E-state index contributed by atoms with van der Waals surface area (Å²) < 4.78 is 5.12. The molecule has 3 rings (SSSR count). The molecule has 0 bridgehead atoms. The van der Waals surface area contributed by atoms with Crippen LogP contribution in [-0.2, 0) is 17.8 Å². The number of carbonyl (C=O) groups excluding carboxylic acids is 2. The van der Waals surface area contributed by atoms with Gasteiger partial charge in [-0.3, -0.25) is 4.79 Å². The monoisotopic (exact) mass is 426 g/mol. The van der Waals surface area contributed by atoms with E-state index in [1.807, 2.05) is 43.4 Å². The number of hydrogen-bond donors (Lipinski definition) is 3. The molecule has 1 aliphatic heterocycles. The maximum absolute atomic E-state index is 12.7. The van der Waals surface area contributed by atoms with Gasteiger partial charge in [-0.2, -0.15) is 0 Å². The van der Waals surface area contributed by atoms with Gasteiger partial charge in [0.2, 0.25) is 5.91 Å². The number of rotatable bonds is 7. The molecule has 8 nitrogen and oxygen atoms in total. The van der Waals surface area contributed by atoms with Gasteiger partial charge in [0, 0.05) is 31.9 Å². The van der Waals surface area contributed by atoms with E-state index < -0.39 is 0 Å². The van der Waals surface area contributed by atoms with E-state index in [0.717, 1.165) is 23.4 Å². The Labute approximate surface area is 182 Å². The number of piperazine rings is 1. The largest absolute Gasteiger partial charge is 0.497 e. The highest BCUT2D eigenvalue weighted by Crippen LogP contribution is 2.15. The molecule has 0 saturated carbocycles. The zero-order valence-electron chi connectivity index (χ0n) is 18.0. The second-order valence-corrected chi connectivity index (χ2v) is 7.72. The van der Waals surface area contributed by atoms with Crippen molar-refractivity contribution in [3.8, 4) is 5.75 Å². The van der Waals surface area contributed by atoms with E-state index in [1.165, 1.54) is 0 Å². The van der Waals surface area contributed by atoms with Crippen molar-refractivity contribution in [1.29, 1.82) is 0 Å². The van der Waals surface area contributed by atoms with Crippen LogP contribution in [0.2, 0.25) is 0 Å². The number of aliphatic hydroxyl groups excluding tert-OH is 1. The van der Waals surface area contributed by atoms with Gasteiger partial charge in [-0.25, -0.2) is 4.79 Å². The van der Waals surface area contributed by atoms with Crippen LogP contribution in [0.3, 0.4) is 0 Å². The van der Waals surface area contributed by atoms with Crippen LogP contribution in [0.5, 0.6) is 5.75 Å². The maximum Gasteiger partial charge on any atom is 0.319 e. The molecule has 3 N–H and O–H groups in total. The molecular formula is C23H30N4O4. The number of urea groups is 1. The first-order valence-electron chi connectivity index (χ1n) is 10.3. The van der Waals surface area contributed by atoms with E-state index in [9.17, 15) is 14.7 Å². The van der Waals surface area contributed by atoms with Crippen LogP contribution in [0.1, 0.15) is 11.1 Å². The molecule has 1 heterocycles. The fourth-order valence-electron chi connectivity index (χ4n) is 3.58. The number of nitrogens with zero attached hydrogens (tertiary/aromatic N) is 2. The van der Waals surface area contributed by atoms with Gasteiger partial charge >= 0.3 is 6.03 Å². The van der Waals surface area contributed by atoms with Crippen LogP contribution in [0.25, 0.3) is 0 Å². The SMILES string of the molecule is COc1ccc(CNC(=O)Nc2ccc(CC(=O)N3CCN(C)CC3CO)cc2)cc1. The Hall–Kier alpha value is -3.10. The first kappa shape index (κ1) is 22.6. The van der Waals surface area contributed by atoms with Crippen molar-refractivity contribution in [2.45, 2.75) is 19.0 Å². The molecule has 1 aliphatic rings. The number of aliphatic hydroxyl groups is 1. The zero-order valence-corrected chi connectivity index (χ0v) is 18.0. The first-order valence-corrected chi connectivity index (χ1v) is 10.3. The van der Waals surface area contributed by atoms with Crippen LogP contribution >= 0.6 is 0 Å². The summed E-state index contributed by atoms with van der Waals surface area (Å²) in [5.74, 6) is 0.774. The van der Waals surface area contributed by atoms with Crippen molar-refractivity contribution in [2.24, 2.45) is 0 Å². The van der Waals surface area contributed by atoms with Crippen LogP contribution in [0, 0.1) is 0 Å². The standard InChI is InChI=1S/C23H30N4O4/c1-26-11-12-27(20(15-26)16-28)22(29)13-17-3-7-19(8-4-17)25-23(30)24-14-18-5-9-21(31-2)10-6-18/h3-10,20,28H,11-16H2,1-2H3,(H2,24,25,30). The second kappa shape index (κ2) is 10.8. The summed E-state index contributed by atoms with van der Waals surface area (Å²) in [6.07, 6.45) is 0.268. The average Bonchev–Trinajstić information content (AvgIpc) is 2.79. The number of hydrogen-bond acceptors (Lipinski definition) is 5. The van der Waals surface area contributed by atoms with E-state index in [-0.39, 0.29) is 31.0 Å². The normalized spacial score (nSPS) is 16.6. The smallest absolute Gasteiger partial charge is 0.319 e. The molecular weight excluding hydrogens is 396 g/mol. The molecule has 0 spiro atoms. The lowest BCUT2D eigenvalue weighted by Crippen LogP contribution is -2.55. The van der Waals surface area contributed by atoms with Crippen molar-refractivity contribution in [2.75, 3.05) is 45.7 Å². The summed E-state index contributed by atoms with van der Waals surface area (Å²) in [6, 6.07) is 14.2. The van der Waals surface area contributed by atoms with Crippen molar-refractivity contribution < 1.29 is 19.4 Å². The van der Waals surface area contributed by atoms with Gasteiger partial charge in [0.15, 0.2) is 0 Å². The highest BCUT2D eigenvalue weighted by Gasteiger charge is 2.28. The van der Waals surface area contributed by atoms with E-state index in [1.54, 1.807) is 24.1 Å². The minimum atomic E-state index is -0.303. The molecule has 3 amide bonds. The number of benzene rings is 2. The van der Waals surface area contributed by atoms with Gasteiger partial charge in [-0.15, -0.1) is 0 Å². The van der Waals surface area contributed by atoms with E-state index in [0.29, 0.717) is 25.3 Å². The summed E-state index contributed by atoms with van der Waals surface area (Å²) in [5.41, 5.74) is 2.48. The summed E-state index contributed by atoms with van der Waals surface area (Å²) in [6.45, 7) is 2.46. The lowest BCUT2D eigenvalue weighted by molar-refractivity contribution is -0.136. The Morgan fingerprint density at radius 1 is 1.06 bits per heavy atom. The van der Waals surface area contributed by atoms with Gasteiger partial charge < -0.3 is 30.3 Å². The highest BCUT2D eigenvalue weighted by molar-refractivity contribution is 5.89. The number of amides is 3. The summed E-state index contributed by atoms with van der Waals surface area (Å²) in [4.78, 5) is 28.7. The predicted octanol–water partition coefficient (Wildman–Crippen LogP) is 1.69. The molecule has 31 heavy (non-hydrogen) atoms. The quantitative estimate of drug-likeness (QED) is 0.627. The Morgan fingerprint density at radius 2 is 1.74 bits per heavy atom. The summed E-state index contributed by atoms with van der Waals surface area (Å²) in [7, 11) is 3.60. The Kier molecular flexibility index (Phi) is 7.86. The third-order valence-electron chi connectivity index (χ3n) is 5.40. The van der Waals surface area contributed by atoms with Crippen LogP contribution in [0.4, 0.5) is 10.5 Å². The molecule has 1 saturated heterocycles. The lowest BCUT2D eigenvalue weighted by atomic mass is 10.1. The number of likely N-dealkylation sites (N-methyl/N-ethyl adjacent to an activating group) is 1. The number of nitrogens with one attached hydrogen (secondary N) is 2. The molecule has 0 aromatic heterocycles. The average molecular weight is 427 g/mol. The maximum atomic E-state index is 12.7. The fourth-order valence-corrected chi connectivity index (χ4v) is 3.58. The Balaban J connectivity index is 1.47. The van der Waals surface area contributed by atoms with Crippen molar-refractivity contribution in [3.05, 3.63) is 59.7 Å². The van der Waals surface area contributed by atoms with Gasteiger partial charge in [0.25, 0.3) is 0 Å². The molecule has 0 aliphatic carbocycles. The lowest BCUT2D eigenvalue weighted by Gasteiger charge is -2.39. The highest BCUT2D eigenvalue weighted by atomic mass is 16.5. The molecule has 1 fully saturated rings. The number of anilines is 1. The third-order valence-corrected chi connectivity index (χ3v) is 5.40. The number of methoxy groups -OCH3 is 1. The molecule has 1 atom stereocenters. The Morgan fingerprint density at radius 3 is 2.39 bits per heavy atom. The van der Waals surface area contributed by atoms with Crippen LogP contribution < -0.4 is 15.4 Å². The van der Waals surface area contributed by atoms with Crippen molar-refractivity contribution in [1.82, 2.24) is 15.1 Å².